The van der Waals surface area contributed by atoms with Crippen molar-refractivity contribution in [2.24, 2.45) is 11.7 Å². The molecular formula is C11H20N2O. The Labute approximate surface area is 85.7 Å². The number of amides is 1. The molecule has 0 saturated heterocycles. The lowest BCUT2D eigenvalue weighted by Crippen LogP contribution is -2.40. The summed E-state index contributed by atoms with van der Waals surface area (Å²) in [5.41, 5.74) is 5.51. The van der Waals surface area contributed by atoms with E-state index in [0.29, 0.717) is 18.9 Å². The zero-order chi connectivity index (χ0) is 10.4. The van der Waals surface area contributed by atoms with Crippen LogP contribution in [0.15, 0.2) is 12.2 Å². The van der Waals surface area contributed by atoms with Gasteiger partial charge in [-0.25, -0.2) is 0 Å². The second kappa shape index (κ2) is 5.81. The van der Waals surface area contributed by atoms with Gasteiger partial charge in [-0.2, -0.15) is 0 Å². The molecule has 0 spiro atoms. The molecule has 0 heterocycles. The van der Waals surface area contributed by atoms with Crippen molar-refractivity contribution in [3.63, 3.8) is 0 Å². The SMILES string of the molecule is CCC(CN)NC(=O)CC1C=CCC1. The first-order valence-corrected chi connectivity index (χ1v) is 5.42. The third kappa shape index (κ3) is 3.50. The van der Waals surface area contributed by atoms with Crippen LogP contribution in [0.2, 0.25) is 0 Å². The fourth-order valence-electron chi connectivity index (χ4n) is 1.72. The van der Waals surface area contributed by atoms with E-state index in [0.717, 1.165) is 19.3 Å². The van der Waals surface area contributed by atoms with Crippen LogP contribution >= 0.6 is 0 Å². The Morgan fingerprint density at radius 1 is 1.71 bits per heavy atom. The first-order chi connectivity index (χ1) is 6.76. The first kappa shape index (κ1) is 11.2. The summed E-state index contributed by atoms with van der Waals surface area (Å²) in [4.78, 5) is 11.5. The van der Waals surface area contributed by atoms with Crippen molar-refractivity contribution in [2.45, 2.75) is 38.6 Å². The highest BCUT2D eigenvalue weighted by Gasteiger charge is 2.15. The van der Waals surface area contributed by atoms with Gasteiger partial charge in [0, 0.05) is 19.0 Å². The maximum Gasteiger partial charge on any atom is 0.220 e. The average Bonchev–Trinajstić information content (AvgIpc) is 2.66. The van der Waals surface area contributed by atoms with Crippen LogP contribution < -0.4 is 11.1 Å². The van der Waals surface area contributed by atoms with Crippen molar-refractivity contribution >= 4 is 5.91 Å². The minimum atomic E-state index is 0.138. The minimum Gasteiger partial charge on any atom is -0.352 e. The average molecular weight is 196 g/mol. The van der Waals surface area contributed by atoms with Crippen molar-refractivity contribution in [1.82, 2.24) is 5.32 Å². The van der Waals surface area contributed by atoms with Gasteiger partial charge in [0.1, 0.15) is 0 Å². The van der Waals surface area contributed by atoms with E-state index in [-0.39, 0.29) is 11.9 Å². The second-order valence-corrected chi connectivity index (χ2v) is 3.88. The summed E-state index contributed by atoms with van der Waals surface area (Å²) in [5, 5.41) is 2.95. The molecule has 0 saturated carbocycles. The highest BCUT2D eigenvalue weighted by atomic mass is 16.1. The van der Waals surface area contributed by atoms with Crippen LogP contribution in [0.25, 0.3) is 0 Å². The van der Waals surface area contributed by atoms with E-state index in [4.69, 9.17) is 5.73 Å². The number of carbonyl (C=O) groups is 1. The lowest BCUT2D eigenvalue weighted by molar-refractivity contribution is -0.122. The Bertz CT molecular complexity index is 209. The molecule has 0 aliphatic heterocycles. The van der Waals surface area contributed by atoms with Crippen LogP contribution in [0, 0.1) is 5.92 Å². The molecule has 14 heavy (non-hydrogen) atoms. The van der Waals surface area contributed by atoms with Crippen LogP contribution in [0.1, 0.15) is 32.6 Å². The Morgan fingerprint density at radius 2 is 2.50 bits per heavy atom. The lowest BCUT2D eigenvalue weighted by Gasteiger charge is -2.15. The third-order valence-corrected chi connectivity index (χ3v) is 2.70. The van der Waals surface area contributed by atoms with Crippen LogP contribution in [0.5, 0.6) is 0 Å². The number of carbonyl (C=O) groups excluding carboxylic acids is 1. The van der Waals surface area contributed by atoms with Crippen molar-refractivity contribution < 1.29 is 4.79 Å². The monoisotopic (exact) mass is 196 g/mol. The molecule has 0 aromatic heterocycles. The second-order valence-electron chi connectivity index (χ2n) is 3.88. The number of allylic oxidation sites excluding steroid dienone is 2. The van der Waals surface area contributed by atoms with E-state index in [2.05, 4.69) is 17.5 Å². The Morgan fingerprint density at radius 3 is 3.00 bits per heavy atom. The molecule has 3 heteroatoms. The number of nitrogens with two attached hydrogens (primary N) is 1. The normalized spacial score (nSPS) is 22.3. The largest absolute Gasteiger partial charge is 0.352 e. The van der Waals surface area contributed by atoms with Gasteiger partial charge in [0.2, 0.25) is 5.91 Å². The van der Waals surface area contributed by atoms with Gasteiger partial charge in [-0.15, -0.1) is 0 Å². The molecule has 1 aliphatic carbocycles. The molecule has 2 atom stereocenters. The summed E-state index contributed by atoms with van der Waals surface area (Å²) >= 11 is 0. The van der Waals surface area contributed by atoms with Crippen molar-refractivity contribution in [1.29, 1.82) is 0 Å². The number of hydrogen-bond acceptors (Lipinski definition) is 2. The van der Waals surface area contributed by atoms with Crippen LogP contribution in [0.3, 0.4) is 0 Å². The van der Waals surface area contributed by atoms with Crippen molar-refractivity contribution in [3.8, 4) is 0 Å². The number of nitrogens with one attached hydrogen (secondary N) is 1. The molecule has 80 valence electrons. The lowest BCUT2D eigenvalue weighted by atomic mass is 10.0. The van der Waals surface area contributed by atoms with E-state index in [1.54, 1.807) is 0 Å². The topological polar surface area (TPSA) is 55.1 Å². The van der Waals surface area contributed by atoms with Gasteiger partial charge >= 0.3 is 0 Å². The first-order valence-electron chi connectivity index (χ1n) is 5.42. The molecule has 3 N–H and O–H groups in total. The summed E-state index contributed by atoms with van der Waals surface area (Å²) < 4.78 is 0. The summed E-state index contributed by atoms with van der Waals surface area (Å²) in [6.07, 6.45) is 8.05. The van der Waals surface area contributed by atoms with Crippen molar-refractivity contribution in [2.75, 3.05) is 6.54 Å². The molecule has 0 bridgehead atoms. The fourth-order valence-corrected chi connectivity index (χ4v) is 1.72. The fraction of sp³-hybridized carbons (Fsp3) is 0.727. The quantitative estimate of drug-likeness (QED) is 0.649. The zero-order valence-corrected chi connectivity index (χ0v) is 8.83. The molecule has 0 aromatic rings. The van der Waals surface area contributed by atoms with Gasteiger partial charge in [0.25, 0.3) is 0 Å². The van der Waals surface area contributed by atoms with E-state index in [1.165, 1.54) is 0 Å². The summed E-state index contributed by atoms with van der Waals surface area (Å²) in [6.45, 7) is 2.57. The van der Waals surface area contributed by atoms with Gasteiger partial charge in [-0.05, 0) is 25.2 Å². The Kier molecular flexibility index (Phi) is 4.66. The predicted octanol–water partition coefficient (Wildman–Crippen LogP) is 1.20. The van der Waals surface area contributed by atoms with Crippen LogP contribution in [-0.4, -0.2) is 18.5 Å². The van der Waals surface area contributed by atoms with Gasteiger partial charge < -0.3 is 11.1 Å². The summed E-state index contributed by atoms with van der Waals surface area (Å²) in [7, 11) is 0. The molecule has 2 unspecified atom stereocenters. The number of hydrogen-bond donors (Lipinski definition) is 2. The molecule has 0 radical (unpaired) electrons. The Balaban J connectivity index is 2.23. The van der Waals surface area contributed by atoms with Gasteiger partial charge in [0.05, 0.1) is 0 Å². The summed E-state index contributed by atoms with van der Waals surface area (Å²) in [6, 6.07) is 0.146. The number of rotatable bonds is 5. The van der Waals surface area contributed by atoms with E-state index in [9.17, 15) is 4.79 Å². The highest BCUT2D eigenvalue weighted by Crippen LogP contribution is 2.19. The zero-order valence-electron chi connectivity index (χ0n) is 8.83. The maximum absolute atomic E-state index is 11.5. The predicted molar refractivity (Wildman–Crippen MR) is 57.8 cm³/mol. The molecule has 1 rings (SSSR count). The van der Waals surface area contributed by atoms with Crippen LogP contribution in [-0.2, 0) is 4.79 Å². The molecule has 3 nitrogen and oxygen atoms in total. The molecular weight excluding hydrogens is 176 g/mol. The van der Waals surface area contributed by atoms with Crippen LogP contribution in [0.4, 0.5) is 0 Å². The smallest absolute Gasteiger partial charge is 0.220 e. The third-order valence-electron chi connectivity index (χ3n) is 2.70. The molecule has 1 aliphatic rings. The van der Waals surface area contributed by atoms with E-state index in [1.807, 2.05) is 6.92 Å². The summed E-state index contributed by atoms with van der Waals surface area (Å²) in [5.74, 6) is 0.587. The standard InChI is InChI=1S/C11H20N2O/c1-2-10(8-12)13-11(14)7-9-5-3-4-6-9/h3,5,9-10H,2,4,6-8,12H2,1H3,(H,13,14). The molecule has 0 aromatic carbocycles. The maximum atomic E-state index is 11.5. The minimum absolute atomic E-state index is 0.138. The molecule has 1 amide bonds. The van der Waals surface area contributed by atoms with Gasteiger partial charge in [-0.1, -0.05) is 19.1 Å². The Hall–Kier alpha value is -0.830. The molecule has 0 fully saturated rings. The van der Waals surface area contributed by atoms with E-state index >= 15 is 0 Å². The van der Waals surface area contributed by atoms with Gasteiger partial charge in [-0.3, -0.25) is 4.79 Å². The van der Waals surface area contributed by atoms with Gasteiger partial charge in [0.15, 0.2) is 0 Å². The van der Waals surface area contributed by atoms with Crippen molar-refractivity contribution in [3.05, 3.63) is 12.2 Å². The van der Waals surface area contributed by atoms with E-state index < -0.39 is 0 Å². The highest BCUT2D eigenvalue weighted by molar-refractivity contribution is 5.76.